The summed E-state index contributed by atoms with van der Waals surface area (Å²) in [5, 5.41) is 6.83. The lowest BCUT2D eigenvalue weighted by molar-refractivity contribution is -0.123. The number of thioether (sulfide) groups is 1. The second kappa shape index (κ2) is 8.55. The number of hydrogen-bond donors (Lipinski definition) is 5. The Morgan fingerprint density at radius 1 is 1.20 bits per heavy atom. The van der Waals surface area contributed by atoms with E-state index in [1.807, 2.05) is 48.7 Å². The molecule has 2 aromatic rings. The fraction of sp³-hybridized carbons (Fsp3) is 0.235. The Bertz CT molecular complexity index is 727. The smallest absolute Gasteiger partial charge is 0.242 e. The van der Waals surface area contributed by atoms with E-state index in [0.29, 0.717) is 11.6 Å². The van der Waals surface area contributed by atoms with Gasteiger partial charge in [0.25, 0.3) is 0 Å². The molecule has 1 aliphatic heterocycles. The van der Waals surface area contributed by atoms with Crippen molar-refractivity contribution in [3.05, 3.63) is 59.1 Å². The Labute approximate surface area is 156 Å². The number of benzene rings is 2. The monoisotopic (exact) mass is 377 g/mol. The first kappa shape index (κ1) is 18.0. The van der Waals surface area contributed by atoms with Gasteiger partial charge in [0, 0.05) is 22.2 Å². The zero-order chi connectivity index (χ0) is 17.6. The topological polar surface area (TPSA) is 77.2 Å². The van der Waals surface area contributed by atoms with Crippen LogP contribution in [-0.4, -0.2) is 24.4 Å². The number of carbonyl (C=O) groups is 1. The molecule has 2 aromatic carbocycles. The number of anilines is 1. The van der Waals surface area contributed by atoms with Crippen LogP contribution in [0.1, 0.15) is 5.56 Å². The van der Waals surface area contributed by atoms with Gasteiger partial charge in [0.05, 0.1) is 0 Å². The van der Waals surface area contributed by atoms with Gasteiger partial charge < -0.3 is 10.6 Å². The van der Waals surface area contributed by atoms with Crippen LogP contribution in [0.25, 0.3) is 0 Å². The summed E-state index contributed by atoms with van der Waals surface area (Å²) in [6.45, 7) is 0.482. The lowest BCUT2D eigenvalue weighted by Crippen LogP contribution is -2.50. The molecular formula is C17H20ClN5OS. The molecule has 0 radical (unpaired) electrons. The molecule has 0 aliphatic carbocycles. The van der Waals surface area contributed by atoms with Crippen molar-refractivity contribution in [1.82, 2.24) is 21.7 Å². The van der Waals surface area contributed by atoms with Crippen molar-refractivity contribution in [2.45, 2.75) is 23.6 Å². The van der Waals surface area contributed by atoms with Crippen molar-refractivity contribution in [3.63, 3.8) is 0 Å². The third-order valence-electron chi connectivity index (χ3n) is 3.84. The van der Waals surface area contributed by atoms with Gasteiger partial charge in [-0.3, -0.25) is 4.79 Å². The molecule has 1 fully saturated rings. The first-order valence-electron chi connectivity index (χ1n) is 7.84. The van der Waals surface area contributed by atoms with Crippen molar-refractivity contribution >= 4 is 35.0 Å². The SMILES string of the molecule is CSc1ccc(CNC(=O)C2NNNC2Nc2cccc(Cl)c2)cc1. The number of hydrazine groups is 2. The molecule has 0 spiro atoms. The number of halogens is 1. The second-order valence-corrected chi connectivity index (χ2v) is 6.91. The molecule has 1 saturated heterocycles. The van der Waals surface area contributed by atoms with Gasteiger partial charge in [-0.05, 0) is 42.2 Å². The van der Waals surface area contributed by atoms with E-state index in [1.165, 1.54) is 4.90 Å². The molecule has 1 amide bonds. The van der Waals surface area contributed by atoms with Gasteiger partial charge in [0.15, 0.2) is 0 Å². The zero-order valence-corrected chi connectivity index (χ0v) is 15.2. The molecule has 2 atom stereocenters. The second-order valence-electron chi connectivity index (χ2n) is 5.59. The minimum atomic E-state index is -0.468. The Morgan fingerprint density at radius 2 is 2.00 bits per heavy atom. The molecule has 1 aliphatic rings. The minimum Gasteiger partial charge on any atom is -0.367 e. The van der Waals surface area contributed by atoms with Crippen LogP contribution in [0.15, 0.2) is 53.4 Å². The largest absolute Gasteiger partial charge is 0.367 e. The van der Waals surface area contributed by atoms with Crippen molar-refractivity contribution in [2.75, 3.05) is 11.6 Å². The van der Waals surface area contributed by atoms with Gasteiger partial charge in [-0.25, -0.2) is 10.9 Å². The number of amides is 1. The van der Waals surface area contributed by atoms with Crippen molar-refractivity contribution in [2.24, 2.45) is 0 Å². The molecule has 25 heavy (non-hydrogen) atoms. The molecular weight excluding hydrogens is 358 g/mol. The maximum Gasteiger partial charge on any atom is 0.242 e. The fourth-order valence-electron chi connectivity index (χ4n) is 2.50. The standard InChI is InChI=1S/C17H20ClN5OS/c1-25-14-7-5-11(6-8-14)10-19-17(24)15-16(22-23-21-15)20-13-4-2-3-12(18)9-13/h2-9,15-16,20-23H,10H2,1H3,(H,19,24). The van der Waals surface area contributed by atoms with Crippen LogP contribution in [0.5, 0.6) is 0 Å². The predicted octanol–water partition coefficient (Wildman–Crippen LogP) is 2.10. The average molecular weight is 378 g/mol. The maximum absolute atomic E-state index is 12.5. The molecule has 0 saturated carbocycles. The highest BCUT2D eigenvalue weighted by Crippen LogP contribution is 2.17. The van der Waals surface area contributed by atoms with Crippen LogP contribution in [0.3, 0.4) is 0 Å². The lowest BCUT2D eigenvalue weighted by Gasteiger charge is -2.20. The summed E-state index contributed by atoms with van der Waals surface area (Å²) in [5.41, 5.74) is 10.6. The van der Waals surface area contributed by atoms with E-state index in [9.17, 15) is 4.79 Å². The van der Waals surface area contributed by atoms with Gasteiger partial charge in [0.2, 0.25) is 5.91 Å². The van der Waals surface area contributed by atoms with E-state index in [-0.39, 0.29) is 12.1 Å². The molecule has 0 bridgehead atoms. The first-order chi connectivity index (χ1) is 12.2. The number of hydrogen-bond acceptors (Lipinski definition) is 6. The van der Waals surface area contributed by atoms with E-state index in [4.69, 9.17) is 11.6 Å². The zero-order valence-electron chi connectivity index (χ0n) is 13.7. The summed E-state index contributed by atoms with van der Waals surface area (Å²) < 4.78 is 0. The predicted molar refractivity (Wildman–Crippen MR) is 102 cm³/mol. The van der Waals surface area contributed by atoms with Gasteiger partial charge in [-0.2, -0.15) is 5.53 Å². The molecule has 132 valence electrons. The molecule has 6 nitrogen and oxygen atoms in total. The maximum atomic E-state index is 12.5. The van der Waals surface area contributed by atoms with Crippen LogP contribution in [0.2, 0.25) is 5.02 Å². The van der Waals surface area contributed by atoms with E-state index < -0.39 is 6.04 Å². The number of carbonyl (C=O) groups excluding carboxylic acids is 1. The summed E-state index contributed by atoms with van der Waals surface area (Å²) in [4.78, 5) is 13.7. The van der Waals surface area contributed by atoms with Gasteiger partial charge in [-0.15, -0.1) is 11.8 Å². The summed E-state index contributed by atoms with van der Waals surface area (Å²) in [6.07, 6.45) is 1.73. The molecule has 5 N–H and O–H groups in total. The molecule has 1 heterocycles. The quantitative estimate of drug-likeness (QED) is 0.496. The van der Waals surface area contributed by atoms with Crippen LogP contribution in [-0.2, 0) is 11.3 Å². The Balaban J connectivity index is 1.56. The fourth-order valence-corrected chi connectivity index (χ4v) is 3.10. The summed E-state index contributed by atoms with van der Waals surface area (Å²) >= 11 is 7.69. The molecule has 0 aromatic heterocycles. The first-order valence-corrected chi connectivity index (χ1v) is 9.45. The number of nitrogens with one attached hydrogen (secondary N) is 5. The molecule has 3 rings (SSSR count). The summed E-state index contributed by atoms with van der Waals surface area (Å²) in [7, 11) is 0. The van der Waals surface area contributed by atoms with Crippen LogP contribution < -0.4 is 27.0 Å². The highest BCUT2D eigenvalue weighted by molar-refractivity contribution is 7.98. The van der Waals surface area contributed by atoms with Crippen LogP contribution in [0.4, 0.5) is 5.69 Å². The van der Waals surface area contributed by atoms with Gasteiger partial charge >= 0.3 is 0 Å². The Hall–Kier alpha value is -1.77. The Kier molecular flexibility index (Phi) is 6.17. The third kappa shape index (κ3) is 4.87. The van der Waals surface area contributed by atoms with Crippen LogP contribution in [0, 0.1) is 0 Å². The van der Waals surface area contributed by atoms with E-state index >= 15 is 0 Å². The minimum absolute atomic E-state index is 0.106. The normalized spacial score (nSPS) is 19.6. The van der Waals surface area contributed by atoms with Crippen molar-refractivity contribution in [1.29, 1.82) is 0 Å². The Morgan fingerprint density at radius 3 is 2.72 bits per heavy atom. The summed E-state index contributed by atoms with van der Waals surface area (Å²) in [6, 6.07) is 15.0. The van der Waals surface area contributed by atoms with Gasteiger partial charge in [0.1, 0.15) is 12.2 Å². The van der Waals surface area contributed by atoms with Gasteiger partial charge in [-0.1, -0.05) is 29.8 Å². The molecule has 2 unspecified atom stereocenters. The lowest BCUT2D eigenvalue weighted by atomic mass is 10.2. The number of rotatable bonds is 6. The highest BCUT2D eigenvalue weighted by Gasteiger charge is 2.32. The van der Waals surface area contributed by atoms with Crippen molar-refractivity contribution in [3.8, 4) is 0 Å². The van der Waals surface area contributed by atoms with E-state index in [0.717, 1.165) is 11.3 Å². The highest BCUT2D eigenvalue weighted by atomic mass is 35.5. The third-order valence-corrected chi connectivity index (χ3v) is 4.82. The molecule has 8 heteroatoms. The van der Waals surface area contributed by atoms with Crippen LogP contribution >= 0.6 is 23.4 Å². The van der Waals surface area contributed by atoms with Crippen molar-refractivity contribution < 1.29 is 4.79 Å². The summed E-state index contributed by atoms with van der Waals surface area (Å²) in [5.74, 6) is -0.106. The average Bonchev–Trinajstić information content (AvgIpc) is 3.08. The van der Waals surface area contributed by atoms with E-state index in [1.54, 1.807) is 17.8 Å². The van der Waals surface area contributed by atoms with E-state index in [2.05, 4.69) is 27.0 Å².